The molecule has 0 aliphatic heterocycles. The van der Waals surface area contributed by atoms with Gasteiger partial charge in [0.1, 0.15) is 11.4 Å². The van der Waals surface area contributed by atoms with Crippen LogP contribution in [0.2, 0.25) is 0 Å². The van der Waals surface area contributed by atoms with Gasteiger partial charge in [-0.2, -0.15) is 0 Å². The maximum atomic E-state index is 11.2. The van der Waals surface area contributed by atoms with Crippen molar-refractivity contribution in [2.24, 2.45) is 0 Å². The van der Waals surface area contributed by atoms with Crippen LogP contribution in [-0.2, 0) is 0 Å². The Kier molecular flexibility index (Phi) is 2.96. The van der Waals surface area contributed by atoms with Crippen molar-refractivity contribution in [2.75, 3.05) is 7.11 Å². The minimum absolute atomic E-state index is 0.147. The van der Waals surface area contributed by atoms with Gasteiger partial charge >= 0.3 is 0 Å². The zero-order valence-corrected chi connectivity index (χ0v) is 8.33. The molecule has 0 unspecified atom stereocenters. The highest BCUT2D eigenvalue weighted by molar-refractivity contribution is 6.00. The van der Waals surface area contributed by atoms with E-state index in [1.165, 1.54) is 33.2 Å². The number of rotatable bonds is 3. The van der Waals surface area contributed by atoms with E-state index < -0.39 is 0 Å². The van der Waals surface area contributed by atoms with Gasteiger partial charge in [0, 0.05) is 6.92 Å². The van der Waals surface area contributed by atoms with Crippen LogP contribution in [0.25, 0.3) is 0 Å². The van der Waals surface area contributed by atoms with E-state index in [9.17, 15) is 9.59 Å². The summed E-state index contributed by atoms with van der Waals surface area (Å²) in [6.45, 7) is 2.82. The molecule has 0 saturated carbocycles. The average molecular weight is 193 g/mol. The highest BCUT2D eigenvalue weighted by atomic mass is 16.5. The molecule has 0 N–H and O–H groups in total. The Morgan fingerprint density at radius 1 is 1.29 bits per heavy atom. The minimum atomic E-state index is -0.171. The predicted molar refractivity (Wildman–Crippen MR) is 50.8 cm³/mol. The Morgan fingerprint density at radius 2 is 1.93 bits per heavy atom. The van der Waals surface area contributed by atoms with E-state index in [1.807, 2.05) is 0 Å². The smallest absolute Gasteiger partial charge is 0.178 e. The van der Waals surface area contributed by atoms with Gasteiger partial charge in [0.2, 0.25) is 0 Å². The first kappa shape index (κ1) is 10.4. The van der Waals surface area contributed by atoms with Gasteiger partial charge in [0.05, 0.1) is 18.9 Å². The van der Waals surface area contributed by atoms with Crippen LogP contribution in [0.4, 0.5) is 0 Å². The number of pyridine rings is 1. The van der Waals surface area contributed by atoms with Crippen LogP contribution in [0.3, 0.4) is 0 Å². The summed E-state index contributed by atoms with van der Waals surface area (Å²) in [5, 5.41) is 0. The molecule has 1 rings (SSSR count). The lowest BCUT2D eigenvalue weighted by molar-refractivity contribution is 0.101. The van der Waals surface area contributed by atoms with Crippen LogP contribution in [0.5, 0.6) is 5.75 Å². The van der Waals surface area contributed by atoms with Crippen molar-refractivity contribution in [1.82, 2.24) is 4.98 Å². The lowest BCUT2D eigenvalue weighted by Crippen LogP contribution is -2.03. The predicted octanol–water partition coefficient (Wildman–Crippen LogP) is 1.50. The number of hydrogen-bond acceptors (Lipinski definition) is 4. The first-order valence-electron chi connectivity index (χ1n) is 4.12. The second kappa shape index (κ2) is 4.00. The fraction of sp³-hybridized carbons (Fsp3) is 0.300. The zero-order valence-electron chi connectivity index (χ0n) is 8.33. The lowest BCUT2D eigenvalue weighted by Gasteiger charge is -2.05. The van der Waals surface area contributed by atoms with Crippen LogP contribution in [0.15, 0.2) is 12.3 Å². The molecule has 0 aliphatic rings. The molecule has 74 valence electrons. The van der Waals surface area contributed by atoms with Gasteiger partial charge in [-0.3, -0.25) is 9.59 Å². The maximum Gasteiger partial charge on any atom is 0.178 e. The molecule has 0 spiro atoms. The summed E-state index contributed by atoms with van der Waals surface area (Å²) in [5.41, 5.74) is 0.656. The monoisotopic (exact) mass is 193 g/mol. The molecule has 1 heterocycles. The van der Waals surface area contributed by atoms with Crippen LogP contribution in [0.1, 0.15) is 34.7 Å². The normalized spacial score (nSPS) is 9.64. The Bertz CT molecular complexity index is 385. The Morgan fingerprint density at radius 3 is 2.36 bits per heavy atom. The minimum Gasteiger partial charge on any atom is -0.494 e. The number of carbonyl (C=O) groups is 2. The number of carbonyl (C=O) groups excluding carboxylic acids is 2. The molecular weight excluding hydrogens is 182 g/mol. The second-order valence-corrected chi connectivity index (χ2v) is 2.88. The molecule has 0 radical (unpaired) electrons. The quantitative estimate of drug-likeness (QED) is 0.682. The molecule has 0 aromatic carbocycles. The number of aromatic nitrogens is 1. The molecular formula is C10H11NO3. The first-order chi connectivity index (χ1) is 6.56. The van der Waals surface area contributed by atoms with E-state index in [0.29, 0.717) is 11.3 Å². The van der Waals surface area contributed by atoms with Crippen LogP contribution in [-0.4, -0.2) is 23.7 Å². The average Bonchev–Trinajstić information content (AvgIpc) is 2.16. The van der Waals surface area contributed by atoms with E-state index in [0.717, 1.165) is 0 Å². The van der Waals surface area contributed by atoms with Gasteiger partial charge in [0.15, 0.2) is 11.6 Å². The summed E-state index contributed by atoms with van der Waals surface area (Å²) in [5.74, 6) is 0.0735. The Hall–Kier alpha value is -1.71. The number of methoxy groups -OCH3 is 1. The summed E-state index contributed by atoms with van der Waals surface area (Å²) in [6, 6.07) is 1.45. The summed E-state index contributed by atoms with van der Waals surface area (Å²) >= 11 is 0. The van der Waals surface area contributed by atoms with Crippen molar-refractivity contribution in [3.05, 3.63) is 23.5 Å². The number of Topliss-reactive ketones (excluding diaryl/α,β-unsaturated/α-hetero) is 2. The molecule has 0 fully saturated rings. The summed E-state index contributed by atoms with van der Waals surface area (Å²) in [6.07, 6.45) is 1.38. The largest absolute Gasteiger partial charge is 0.494 e. The van der Waals surface area contributed by atoms with Crippen LogP contribution >= 0.6 is 0 Å². The van der Waals surface area contributed by atoms with Gasteiger partial charge in [0.25, 0.3) is 0 Å². The Labute approximate surface area is 81.9 Å². The Balaban J connectivity index is 3.27. The van der Waals surface area contributed by atoms with E-state index >= 15 is 0 Å². The third kappa shape index (κ3) is 1.96. The van der Waals surface area contributed by atoms with Gasteiger partial charge in [-0.15, -0.1) is 0 Å². The summed E-state index contributed by atoms with van der Waals surface area (Å²) in [4.78, 5) is 26.1. The second-order valence-electron chi connectivity index (χ2n) is 2.88. The summed E-state index contributed by atoms with van der Waals surface area (Å²) < 4.78 is 4.95. The van der Waals surface area contributed by atoms with Crippen molar-refractivity contribution < 1.29 is 14.3 Å². The van der Waals surface area contributed by atoms with E-state index in [2.05, 4.69) is 4.98 Å². The number of ether oxygens (including phenoxy) is 1. The highest BCUT2D eigenvalue weighted by Crippen LogP contribution is 2.18. The molecule has 4 nitrogen and oxygen atoms in total. The van der Waals surface area contributed by atoms with E-state index in [1.54, 1.807) is 0 Å². The van der Waals surface area contributed by atoms with E-state index in [4.69, 9.17) is 4.74 Å². The lowest BCUT2D eigenvalue weighted by atomic mass is 10.1. The number of nitrogens with zero attached hydrogens (tertiary/aromatic N) is 1. The van der Waals surface area contributed by atoms with Gasteiger partial charge in [-0.25, -0.2) is 4.98 Å². The van der Waals surface area contributed by atoms with Crippen molar-refractivity contribution >= 4 is 11.6 Å². The molecule has 1 aromatic rings. The van der Waals surface area contributed by atoms with Crippen LogP contribution in [0, 0.1) is 0 Å². The summed E-state index contributed by atoms with van der Waals surface area (Å²) in [7, 11) is 1.46. The fourth-order valence-electron chi connectivity index (χ4n) is 1.07. The SMILES string of the molecule is COc1cnc(C(C)=O)cc1C(C)=O. The molecule has 1 aromatic heterocycles. The molecule has 0 amide bonds. The van der Waals surface area contributed by atoms with Crippen molar-refractivity contribution in [3.63, 3.8) is 0 Å². The fourth-order valence-corrected chi connectivity index (χ4v) is 1.07. The van der Waals surface area contributed by atoms with Crippen molar-refractivity contribution in [3.8, 4) is 5.75 Å². The molecule has 0 aliphatic carbocycles. The van der Waals surface area contributed by atoms with Crippen molar-refractivity contribution in [1.29, 1.82) is 0 Å². The third-order valence-corrected chi connectivity index (χ3v) is 1.83. The molecule has 0 saturated heterocycles. The zero-order chi connectivity index (χ0) is 10.7. The van der Waals surface area contributed by atoms with Gasteiger partial charge < -0.3 is 4.74 Å². The van der Waals surface area contributed by atoms with Crippen LogP contribution < -0.4 is 4.74 Å². The maximum absolute atomic E-state index is 11.2. The highest BCUT2D eigenvalue weighted by Gasteiger charge is 2.11. The van der Waals surface area contributed by atoms with Gasteiger partial charge in [-0.05, 0) is 13.0 Å². The molecule has 14 heavy (non-hydrogen) atoms. The molecule has 0 bridgehead atoms. The third-order valence-electron chi connectivity index (χ3n) is 1.83. The number of hydrogen-bond donors (Lipinski definition) is 0. The molecule has 4 heteroatoms. The first-order valence-corrected chi connectivity index (χ1v) is 4.12. The standard InChI is InChI=1S/C10H11NO3/c1-6(12)8-4-9(7(2)13)11-5-10(8)14-3/h4-5H,1-3H3. The van der Waals surface area contributed by atoms with Crippen molar-refractivity contribution in [2.45, 2.75) is 13.8 Å². The number of ketones is 2. The topological polar surface area (TPSA) is 56.3 Å². The van der Waals surface area contributed by atoms with E-state index in [-0.39, 0.29) is 17.3 Å². The van der Waals surface area contributed by atoms with Gasteiger partial charge in [-0.1, -0.05) is 0 Å². The molecule has 0 atom stereocenters.